The molecule has 0 atom stereocenters. The van der Waals surface area contributed by atoms with Gasteiger partial charge >= 0.3 is 0 Å². The molecule has 0 saturated heterocycles. The second-order valence-electron chi connectivity index (χ2n) is 8.44. The molecule has 0 N–H and O–H groups in total. The zero-order chi connectivity index (χ0) is 16.6. The molecule has 0 rings (SSSR count). The molecule has 0 spiro atoms. The van der Waals surface area contributed by atoms with E-state index in [1.54, 1.807) is 0 Å². The highest BCUT2D eigenvalue weighted by atomic mass is 35.6. The van der Waals surface area contributed by atoms with Gasteiger partial charge in [0.15, 0.2) is 14.8 Å². The van der Waals surface area contributed by atoms with Gasteiger partial charge in [-0.05, 0) is 5.20 Å². The van der Waals surface area contributed by atoms with Gasteiger partial charge < -0.3 is 0 Å². The van der Waals surface area contributed by atoms with Crippen molar-refractivity contribution in [3.63, 3.8) is 0 Å². The lowest BCUT2D eigenvalue weighted by Crippen LogP contribution is -2.43. The Balaban J connectivity index is 6.43. The molecule has 0 radical (unpaired) electrons. The predicted molar refractivity (Wildman–Crippen MR) is 108 cm³/mol. The standard InChI is InChI=1S/C14H30Cl2Si4/c1-17(2,3)12-11-13(19(7,8)15)14(18(4,5)6)20(9,10)16/h1-10H3/b14-13+. The number of rotatable bonds is 3. The summed E-state index contributed by atoms with van der Waals surface area (Å²) in [6, 6.07) is 0. The summed E-state index contributed by atoms with van der Waals surface area (Å²) in [6.07, 6.45) is 0. The van der Waals surface area contributed by atoms with Crippen LogP contribution >= 0.6 is 22.2 Å². The van der Waals surface area contributed by atoms with E-state index >= 15 is 0 Å². The molecule has 0 unspecified atom stereocenters. The number of halogens is 2. The van der Waals surface area contributed by atoms with Crippen molar-refractivity contribution in [2.24, 2.45) is 0 Å². The first-order valence-corrected chi connectivity index (χ1v) is 22.2. The molecule has 0 aromatic carbocycles. The summed E-state index contributed by atoms with van der Waals surface area (Å²) in [4.78, 5) is 1.48. The highest BCUT2D eigenvalue weighted by Crippen LogP contribution is 2.35. The van der Waals surface area contributed by atoms with Crippen LogP contribution in [0.1, 0.15) is 0 Å². The van der Waals surface area contributed by atoms with Gasteiger partial charge in [0, 0.05) is 0 Å². The van der Waals surface area contributed by atoms with Gasteiger partial charge in [0.25, 0.3) is 0 Å². The van der Waals surface area contributed by atoms with Crippen molar-refractivity contribution in [3.05, 3.63) is 10.0 Å². The molecule has 20 heavy (non-hydrogen) atoms. The highest BCUT2D eigenvalue weighted by molar-refractivity contribution is 7.32. The Morgan fingerprint density at radius 2 is 1.10 bits per heavy atom. The lowest BCUT2D eigenvalue weighted by Gasteiger charge is -2.34. The summed E-state index contributed by atoms with van der Waals surface area (Å²) < 4.78 is 0. The smallest absolute Gasteiger partial charge is 0.162 e. The lowest BCUT2D eigenvalue weighted by molar-refractivity contribution is 1.64. The minimum atomic E-state index is -1.98. The van der Waals surface area contributed by atoms with Gasteiger partial charge in [0.1, 0.15) is 8.07 Å². The quantitative estimate of drug-likeness (QED) is 0.319. The van der Waals surface area contributed by atoms with Gasteiger partial charge in [-0.2, -0.15) is 22.2 Å². The fraction of sp³-hybridized carbons (Fsp3) is 0.714. The maximum atomic E-state index is 6.86. The zero-order valence-electron chi connectivity index (χ0n) is 14.8. The molecule has 0 bridgehead atoms. The molecule has 0 fully saturated rings. The van der Waals surface area contributed by atoms with Gasteiger partial charge in [0.05, 0.1) is 8.07 Å². The second kappa shape index (κ2) is 6.47. The van der Waals surface area contributed by atoms with Crippen LogP contribution in [0.2, 0.25) is 65.5 Å². The van der Waals surface area contributed by atoms with E-state index in [4.69, 9.17) is 22.2 Å². The Bertz CT molecular complexity index is 427. The fourth-order valence-corrected chi connectivity index (χ4v) is 20.4. The Kier molecular flexibility index (Phi) is 6.71. The third kappa shape index (κ3) is 7.15. The van der Waals surface area contributed by atoms with Crippen molar-refractivity contribution in [2.45, 2.75) is 65.5 Å². The van der Waals surface area contributed by atoms with E-state index in [2.05, 4.69) is 76.9 Å². The van der Waals surface area contributed by atoms with Crippen molar-refractivity contribution in [1.29, 1.82) is 0 Å². The number of hydrogen-bond acceptors (Lipinski definition) is 0. The minimum absolute atomic E-state index is 1.24. The summed E-state index contributed by atoms with van der Waals surface area (Å²) >= 11 is 13.7. The van der Waals surface area contributed by atoms with Gasteiger partial charge in [-0.1, -0.05) is 76.2 Å². The summed E-state index contributed by atoms with van der Waals surface area (Å²) in [5, 5.41) is 1.24. The van der Waals surface area contributed by atoms with Crippen LogP contribution in [0.25, 0.3) is 0 Å². The monoisotopic (exact) mass is 380 g/mol. The molecule has 0 aromatic rings. The van der Waals surface area contributed by atoms with E-state index in [9.17, 15) is 0 Å². The SMILES string of the molecule is C[Si](C)(C)C#C/C(=C(/[Si](C)(C)C)[Si](C)(C)Cl)[Si](C)(C)Cl. The Labute approximate surface area is 139 Å². The minimum Gasteiger partial charge on any atom is -0.162 e. The molecule has 0 aliphatic carbocycles. The summed E-state index contributed by atoms with van der Waals surface area (Å²) in [5.41, 5.74) is 3.52. The number of hydrogen-bond donors (Lipinski definition) is 0. The Hall–Kier alpha value is 0.748. The summed E-state index contributed by atoms with van der Waals surface area (Å²) in [5.74, 6) is 3.52. The number of allylic oxidation sites excluding steroid dienone is 1. The van der Waals surface area contributed by atoms with Crippen molar-refractivity contribution in [1.82, 2.24) is 0 Å². The van der Waals surface area contributed by atoms with E-state index in [1.807, 2.05) is 0 Å². The first-order chi connectivity index (χ1) is 8.46. The fourth-order valence-electron chi connectivity index (χ4n) is 2.32. The van der Waals surface area contributed by atoms with E-state index in [-0.39, 0.29) is 0 Å². The third-order valence-electron chi connectivity index (χ3n) is 2.75. The van der Waals surface area contributed by atoms with Crippen LogP contribution in [0.5, 0.6) is 0 Å². The van der Waals surface area contributed by atoms with E-state index in [1.165, 1.54) is 10.0 Å². The van der Waals surface area contributed by atoms with Crippen LogP contribution in [-0.4, -0.2) is 30.9 Å². The molecule has 0 heterocycles. The van der Waals surface area contributed by atoms with Crippen molar-refractivity contribution < 1.29 is 0 Å². The Morgan fingerprint density at radius 3 is 1.30 bits per heavy atom. The van der Waals surface area contributed by atoms with Crippen LogP contribution in [-0.2, 0) is 0 Å². The van der Waals surface area contributed by atoms with Crippen molar-refractivity contribution in [2.75, 3.05) is 0 Å². The van der Waals surface area contributed by atoms with Gasteiger partial charge in [-0.25, -0.2) is 0 Å². The van der Waals surface area contributed by atoms with Crippen LogP contribution in [0.3, 0.4) is 0 Å². The first-order valence-electron chi connectivity index (χ1n) is 7.13. The van der Waals surface area contributed by atoms with Crippen molar-refractivity contribution >= 4 is 53.1 Å². The van der Waals surface area contributed by atoms with Gasteiger partial charge in [0.2, 0.25) is 0 Å². The average molecular weight is 382 g/mol. The zero-order valence-corrected chi connectivity index (χ0v) is 20.3. The van der Waals surface area contributed by atoms with Crippen LogP contribution in [0.15, 0.2) is 10.0 Å². The third-order valence-corrected chi connectivity index (χ3v) is 14.6. The Morgan fingerprint density at radius 1 is 0.700 bits per heavy atom. The topological polar surface area (TPSA) is 0 Å². The van der Waals surface area contributed by atoms with Gasteiger partial charge in [-0.3, -0.25) is 0 Å². The van der Waals surface area contributed by atoms with Crippen LogP contribution in [0, 0.1) is 11.5 Å². The normalized spacial score (nSPS) is 15.4. The maximum Gasteiger partial charge on any atom is 0.188 e. The van der Waals surface area contributed by atoms with Crippen LogP contribution in [0.4, 0.5) is 0 Å². The lowest BCUT2D eigenvalue weighted by atomic mass is 10.6. The molecule has 6 heteroatoms. The summed E-state index contributed by atoms with van der Waals surface area (Å²) in [6.45, 7) is 22.7. The molecule has 116 valence electrons. The van der Waals surface area contributed by atoms with Crippen molar-refractivity contribution in [3.8, 4) is 11.5 Å². The molecule has 0 aliphatic rings. The predicted octanol–water partition coefficient (Wildman–Crippen LogP) is 6.01. The maximum absolute atomic E-state index is 6.86. The van der Waals surface area contributed by atoms with Gasteiger partial charge in [-0.15, -0.1) is 5.54 Å². The van der Waals surface area contributed by atoms with E-state index in [0.717, 1.165) is 0 Å². The molecular formula is C14H30Cl2Si4. The molecule has 0 aliphatic heterocycles. The second-order valence-corrected chi connectivity index (χ2v) is 31.3. The molecule has 0 amide bonds. The molecule has 0 aromatic heterocycles. The van der Waals surface area contributed by atoms with E-state index in [0.29, 0.717) is 0 Å². The molecule has 0 nitrogen and oxygen atoms in total. The highest BCUT2D eigenvalue weighted by Gasteiger charge is 2.40. The molecular weight excluding hydrogens is 351 g/mol. The molecule has 0 saturated carbocycles. The summed E-state index contributed by atoms with van der Waals surface area (Å²) in [7, 11) is -6.82. The largest absolute Gasteiger partial charge is 0.188 e. The first kappa shape index (κ1) is 20.7. The van der Waals surface area contributed by atoms with E-state index < -0.39 is 30.9 Å². The van der Waals surface area contributed by atoms with Crippen LogP contribution < -0.4 is 0 Å². The average Bonchev–Trinajstić information content (AvgIpc) is 2.03.